The van der Waals surface area contributed by atoms with Crippen LogP contribution in [0, 0.1) is 0 Å². The van der Waals surface area contributed by atoms with Crippen molar-refractivity contribution in [2.45, 2.75) is 26.4 Å². The van der Waals surface area contributed by atoms with E-state index in [4.69, 9.17) is 0 Å². The average molecular weight is 231 g/mol. The molecular formula is C13H17N3O. The molecule has 0 unspecified atom stereocenters. The first-order valence-corrected chi connectivity index (χ1v) is 5.83. The molecule has 0 saturated carbocycles. The first-order chi connectivity index (χ1) is 8.28. The number of phenols is 1. The van der Waals surface area contributed by atoms with Gasteiger partial charge in [0.15, 0.2) is 0 Å². The van der Waals surface area contributed by atoms with Crippen LogP contribution in [0.3, 0.4) is 0 Å². The van der Waals surface area contributed by atoms with Gasteiger partial charge in [-0.25, -0.2) is 0 Å². The van der Waals surface area contributed by atoms with Crippen LogP contribution >= 0.6 is 0 Å². The molecule has 0 amide bonds. The van der Waals surface area contributed by atoms with E-state index in [-0.39, 0.29) is 0 Å². The minimum atomic E-state index is 0.292. The maximum absolute atomic E-state index is 9.34. The van der Waals surface area contributed by atoms with Crippen molar-refractivity contribution in [1.82, 2.24) is 9.78 Å². The monoisotopic (exact) mass is 231 g/mol. The fourth-order valence-corrected chi connectivity index (χ4v) is 1.67. The van der Waals surface area contributed by atoms with E-state index in [9.17, 15) is 5.11 Å². The van der Waals surface area contributed by atoms with Crippen LogP contribution in [0.2, 0.25) is 0 Å². The van der Waals surface area contributed by atoms with Gasteiger partial charge in [-0.3, -0.25) is 4.68 Å². The van der Waals surface area contributed by atoms with E-state index in [1.807, 2.05) is 29.1 Å². The number of aryl methyl sites for hydroxylation is 1. The number of anilines is 1. The second-order valence-corrected chi connectivity index (χ2v) is 3.99. The van der Waals surface area contributed by atoms with E-state index in [2.05, 4.69) is 17.3 Å². The standard InChI is InChI=1S/C13H17N3O/c1-2-7-16-8-6-13(15-16)14-10-11-4-3-5-12(17)9-11/h3-6,8-9,17H,2,7,10H2,1H3,(H,14,15). The molecule has 0 saturated heterocycles. The van der Waals surface area contributed by atoms with Gasteiger partial charge in [0.25, 0.3) is 0 Å². The third kappa shape index (κ3) is 3.24. The normalized spacial score (nSPS) is 10.4. The summed E-state index contributed by atoms with van der Waals surface area (Å²) in [7, 11) is 0. The highest BCUT2D eigenvalue weighted by molar-refractivity contribution is 5.35. The van der Waals surface area contributed by atoms with Crippen LogP contribution in [0.4, 0.5) is 5.82 Å². The number of benzene rings is 1. The van der Waals surface area contributed by atoms with Crippen LogP contribution in [0.1, 0.15) is 18.9 Å². The molecule has 0 aliphatic heterocycles. The Morgan fingerprint density at radius 2 is 2.24 bits per heavy atom. The number of aromatic nitrogens is 2. The number of hydrogen-bond donors (Lipinski definition) is 2. The highest BCUT2D eigenvalue weighted by Gasteiger charge is 1.98. The molecule has 2 aromatic rings. The van der Waals surface area contributed by atoms with Gasteiger partial charge in [-0.05, 0) is 24.1 Å². The molecule has 0 bridgehead atoms. The van der Waals surface area contributed by atoms with Crippen molar-refractivity contribution < 1.29 is 5.11 Å². The van der Waals surface area contributed by atoms with Crippen LogP contribution in [0.15, 0.2) is 36.5 Å². The Morgan fingerprint density at radius 1 is 1.35 bits per heavy atom. The van der Waals surface area contributed by atoms with Crippen molar-refractivity contribution >= 4 is 5.82 Å². The van der Waals surface area contributed by atoms with Crippen LogP contribution in [0.25, 0.3) is 0 Å². The van der Waals surface area contributed by atoms with Crippen molar-refractivity contribution in [2.24, 2.45) is 0 Å². The van der Waals surface area contributed by atoms with Gasteiger partial charge in [-0.1, -0.05) is 19.1 Å². The molecule has 0 fully saturated rings. The number of rotatable bonds is 5. The third-order valence-electron chi connectivity index (χ3n) is 2.48. The lowest BCUT2D eigenvalue weighted by Gasteiger charge is -2.03. The Balaban J connectivity index is 1.93. The number of nitrogens with one attached hydrogen (secondary N) is 1. The third-order valence-corrected chi connectivity index (χ3v) is 2.48. The first kappa shape index (κ1) is 11.5. The molecule has 1 aromatic heterocycles. The summed E-state index contributed by atoms with van der Waals surface area (Å²) < 4.78 is 1.92. The molecule has 2 rings (SSSR count). The largest absolute Gasteiger partial charge is 0.508 e. The molecule has 17 heavy (non-hydrogen) atoms. The predicted molar refractivity (Wildman–Crippen MR) is 68.0 cm³/mol. The molecule has 1 aromatic carbocycles. The van der Waals surface area contributed by atoms with Gasteiger partial charge in [0.1, 0.15) is 11.6 Å². The summed E-state index contributed by atoms with van der Waals surface area (Å²) in [5.74, 6) is 1.16. The zero-order valence-electron chi connectivity index (χ0n) is 9.93. The smallest absolute Gasteiger partial charge is 0.148 e. The number of phenolic OH excluding ortho intramolecular Hbond substituents is 1. The molecule has 0 radical (unpaired) electrons. The van der Waals surface area contributed by atoms with E-state index in [1.54, 1.807) is 12.1 Å². The Kier molecular flexibility index (Phi) is 3.65. The Morgan fingerprint density at radius 3 is 3.00 bits per heavy atom. The fourth-order valence-electron chi connectivity index (χ4n) is 1.67. The summed E-state index contributed by atoms with van der Waals surface area (Å²) in [5.41, 5.74) is 1.04. The van der Waals surface area contributed by atoms with Gasteiger partial charge in [0.2, 0.25) is 0 Å². The van der Waals surface area contributed by atoms with Crippen LogP contribution in [0.5, 0.6) is 5.75 Å². The molecule has 0 atom stereocenters. The Bertz CT molecular complexity index is 479. The van der Waals surface area contributed by atoms with E-state index >= 15 is 0 Å². The van der Waals surface area contributed by atoms with Crippen LogP contribution in [-0.4, -0.2) is 14.9 Å². The Hall–Kier alpha value is -1.97. The maximum atomic E-state index is 9.34. The second kappa shape index (κ2) is 5.39. The number of nitrogens with zero attached hydrogens (tertiary/aromatic N) is 2. The SMILES string of the molecule is CCCn1ccc(NCc2cccc(O)c2)n1. The Labute approximate surface area is 101 Å². The van der Waals surface area contributed by atoms with Crippen molar-refractivity contribution in [3.8, 4) is 5.75 Å². The van der Waals surface area contributed by atoms with Gasteiger partial charge in [-0.2, -0.15) is 5.10 Å². The number of hydrogen-bond acceptors (Lipinski definition) is 3. The van der Waals surface area contributed by atoms with Gasteiger partial charge in [-0.15, -0.1) is 0 Å². The molecule has 0 aliphatic rings. The van der Waals surface area contributed by atoms with Crippen LogP contribution in [-0.2, 0) is 13.1 Å². The lowest BCUT2D eigenvalue weighted by atomic mass is 10.2. The molecule has 2 N–H and O–H groups in total. The molecule has 0 spiro atoms. The average Bonchev–Trinajstić information content (AvgIpc) is 2.75. The summed E-state index contributed by atoms with van der Waals surface area (Å²) in [6.07, 6.45) is 3.04. The van der Waals surface area contributed by atoms with Crippen molar-refractivity contribution in [3.63, 3.8) is 0 Å². The summed E-state index contributed by atoms with van der Waals surface area (Å²) in [6, 6.07) is 9.17. The number of aromatic hydroxyl groups is 1. The van der Waals surface area contributed by atoms with E-state index in [1.165, 1.54) is 0 Å². The summed E-state index contributed by atoms with van der Waals surface area (Å²) in [4.78, 5) is 0. The second-order valence-electron chi connectivity index (χ2n) is 3.99. The fraction of sp³-hybridized carbons (Fsp3) is 0.308. The maximum Gasteiger partial charge on any atom is 0.148 e. The molecule has 4 heteroatoms. The lowest BCUT2D eigenvalue weighted by Crippen LogP contribution is -2.02. The highest BCUT2D eigenvalue weighted by Crippen LogP contribution is 2.12. The molecule has 90 valence electrons. The first-order valence-electron chi connectivity index (χ1n) is 5.83. The van der Waals surface area contributed by atoms with Gasteiger partial charge < -0.3 is 10.4 Å². The lowest BCUT2D eigenvalue weighted by molar-refractivity contribution is 0.474. The quantitative estimate of drug-likeness (QED) is 0.831. The zero-order chi connectivity index (χ0) is 12.1. The summed E-state index contributed by atoms with van der Waals surface area (Å²) in [5, 5.41) is 16.9. The van der Waals surface area contributed by atoms with E-state index in [0.717, 1.165) is 24.3 Å². The van der Waals surface area contributed by atoms with Crippen LogP contribution < -0.4 is 5.32 Å². The minimum Gasteiger partial charge on any atom is -0.508 e. The predicted octanol–water partition coefficient (Wildman–Crippen LogP) is 2.61. The van der Waals surface area contributed by atoms with Crippen molar-refractivity contribution in [3.05, 3.63) is 42.1 Å². The van der Waals surface area contributed by atoms with Gasteiger partial charge >= 0.3 is 0 Å². The minimum absolute atomic E-state index is 0.292. The zero-order valence-corrected chi connectivity index (χ0v) is 9.93. The van der Waals surface area contributed by atoms with E-state index < -0.39 is 0 Å². The molecule has 1 heterocycles. The van der Waals surface area contributed by atoms with Gasteiger partial charge in [0.05, 0.1) is 0 Å². The molecular weight excluding hydrogens is 214 g/mol. The summed E-state index contributed by atoms with van der Waals surface area (Å²) in [6.45, 7) is 3.73. The van der Waals surface area contributed by atoms with Gasteiger partial charge in [0, 0.05) is 25.4 Å². The highest BCUT2D eigenvalue weighted by atomic mass is 16.3. The van der Waals surface area contributed by atoms with Crippen molar-refractivity contribution in [1.29, 1.82) is 0 Å². The molecule has 4 nitrogen and oxygen atoms in total. The van der Waals surface area contributed by atoms with Crippen molar-refractivity contribution in [2.75, 3.05) is 5.32 Å². The molecule has 0 aliphatic carbocycles. The topological polar surface area (TPSA) is 50.1 Å². The summed E-state index contributed by atoms with van der Waals surface area (Å²) >= 11 is 0. The van der Waals surface area contributed by atoms with E-state index in [0.29, 0.717) is 12.3 Å².